The highest BCUT2D eigenvalue weighted by Crippen LogP contribution is 2.11. The smallest absolute Gasteiger partial charge is 0.330 e. The van der Waals surface area contributed by atoms with Crippen LogP contribution in [0.3, 0.4) is 0 Å². The molecule has 0 atom stereocenters. The molecule has 0 saturated heterocycles. The Morgan fingerprint density at radius 3 is 3.08 bits per heavy atom. The van der Waals surface area contributed by atoms with Gasteiger partial charge in [0.15, 0.2) is 0 Å². The fraction of sp³-hybridized carbons (Fsp3) is 0.222. The predicted octanol–water partition coefficient (Wildman–Crippen LogP) is 2.35. The molecule has 0 fully saturated rings. The molecule has 1 aromatic heterocycles. The lowest BCUT2D eigenvalue weighted by atomic mass is 10.4. The Hall–Kier alpha value is -1.03. The molecule has 0 unspecified atom stereocenters. The van der Waals surface area contributed by atoms with E-state index >= 15 is 0 Å². The number of esters is 1. The van der Waals surface area contributed by atoms with Crippen LogP contribution < -0.4 is 0 Å². The molecule has 1 heterocycles. The molecular formula is C9H10BrNO2. The van der Waals surface area contributed by atoms with Crippen molar-refractivity contribution >= 4 is 28.0 Å². The zero-order valence-corrected chi connectivity index (χ0v) is 8.80. The van der Waals surface area contributed by atoms with Gasteiger partial charge in [0.25, 0.3) is 0 Å². The number of aromatic nitrogens is 1. The normalized spacial score (nSPS) is 10.6. The van der Waals surface area contributed by atoms with Crippen molar-refractivity contribution in [3.05, 3.63) is 28.5 Å². The van der Waals surface area contributed by atoms with Gasteiger partial charge >= 0.3 is 5.97 Å². The van der Waals surface area contributed by atoms with Gasteiger partial charge in [-0.25, -0.2) is 4.79 Å². The number of carbonyl (C=O) groups excluding carboxylic acids is 1. The minimum Gasteiger partial charge on any atom is -0.463 e. The highest BCUT2D eigenvalue weighted by molar-refractivity contribution is 9.10. The molecule has 70 valence electrons. The Balaban J connectivity index is 2.53. The van der Waals surface area contributed by atoms with Crippen molar-refractivity contribution in [3.63, 3.8) is 0 Å². The summed E-state index contributed by atoms with van der Waals surface area (Å²) in [5, 5.41) is 0. The zero-order chi connectivity index (χ0) is 9.68. The fourth-order valence-corrected chi connectivity index (χ4v) is 1.19. The van der Waals surface area contributed by atoms with Crippen LogP contribution in [0.5, 0.6) is 0 Å². The second-order valence-corrected chi connectivity index (χ2v) is 3.27. The van der Waals surface area contributed by atoms with Crippen LogP contribution in [0.25, 0.3) is 6.08 Å². The predicted molar refractivity (Wildman–Crippen MR) is 54.2 cm³/mol. The summed E-state index contributed by atoms with van der Waals surface area (Å²) in [5.74, 6) is -0.326. The quantitative estimate of drug-likeness (QED) is 0.655. The van der Waals surface area contributed by atoms with E-state index < -0.39 is 0 Å². The third-order valence-corrected chi connectivity index (χ3v) is 1.81. The molecule has 13 heavy (non-hydrogen) atoms. The Bertz CT molecular complexity index is 317. The minimum absolute atomic E-state index is 0.326. The summed E-state index contributed by atoms with van der Waals surface area (Å²) in [6, 6.07) is 1.87. The van der Waals surface area contributed by atoms with Gasteiger partial charge in [0.05, 0.1) is 6.61 Å². The number of nitrogens with one attached hydrogen (secondary N) is 1. The first-order valence-corrected chi connectivity index (χ1v) is 4.70. The molecular weight excluding hydrogens is 234 g/mol. The van der Waals surface area contributed by atoms with Gasteiger partial charge in [-0.15, -0.1) is 0 Å². The van der Waals surface area contributed by atoms with Crippen molar-refractivity contribution in [2.75, 3.05) is 6.61 Å². The molecule has 0 amide bonds. The number of hydrogen-bond acceptors (Lipinski definition) is 2. The van der Waals surface area contributed by atoms with Gasteiger partial charge in [-0.05, 0) is 35.0 Å². The number of halogens is 1. The summed E-state index contributed by atoms with van der Waals surface area (Å²) < 4.78 is 5.67. The first-order chi connectivity index (χ1) is 6.22. The summed E-state index contributed by atoms with van der Waals surface area (Å²) in [6.45, 7) is 2.18. The zero-order valence-electron chi connectivity index (χ0n) is 7.21. The van der Waals surface area contributed by atoms with E-state index in [2.05, 4.69) is 20.9 Å². The summed E-state index contributed by atoms with van der Waals surface area (Å²) in [4.78, 5) is 13.8. The van der Waals surface area contributed by atoms with Crippen molar-refractivity contribution in [1.29, 1.82) is 0 Å². The van der Waals surface area contributed by atoms with Gasteiger partial charge in [-0.2, -0.15) is 0 Å². The molecule has 0 radical (unpaired) electrons. The van der Waals surface area contributed by atoms with E-state index in [0.29, 0.717) is 6.61 Å². The van der Waals surface area contributed by atoms with Gasteiger partial charge in [0, 0.05) is 22.4 Å². The molecule has 0 aromatic carbocycles. The van der Waals surface area contributed by atoms with Crippen LogP contribution in [-0.2, 0) is 9.53 Å². The molecule has 0 aliphatic carbocycles. The first-order valence-electron chi connectivity index (χ1n) is 3.91. The lowest BCUT2D eigenvalue weighted by Gasteiger charge is -1.93. The summed E-state index contributed by atoms with van der Waals surface area (Å²) in [7, 11) is 0. The van der Waals surface area contributed by atoms with Crippen LogP contribution in [0, 0.1) is 0 Å². The molecule has 0 spiro atoms. The maximum Gasteiger partial charge on any atom is 0.330 e. The number of H-pyrrole nitrogens is 1. The molecule has 0 aliphatic rings. The van der Waals surface area contributed by atoms with E-state index in [4.69, 9.17) is 4.74 Å². The highest BCUT2D eigenvalue weighted by atomic mass is 79.9. The number of aromatic amines is 1. The molecule has 1 rings (SSSR count). The van der Waals surface area contributed by atoms with Gasteiger partial charge in [0.1, 0.15) is 0 Å². The standard InChI is InChI=1S/C9H10BrNO2/c1-2-13-9(12)4-3-8-5-7(10)6-11-8/h3-6,11H,2H2,1H3. The van der Waals surface area contributed by atoms with E-state index in [-0.39, 0.29) is 5.97 Å². The molecule has 3 nitrogen and oxygen atoms in total. The Labute approximate surface area is 84.9 Å². The van der Waals surface area contributed by atoms with Crippen LogP contribution >= 0.6 is 15.9 Å². The van der Waals surface area contributed by atoms with E-state index in [9.17, 15) is 4.79 Å². The molecule has 1 aromatic rings. The first kappa shape index (κ1) is 10.1. The Kier molecular flexibility index (Phi) is 3.76. The van der Waals surface area contributed by atoms with Crippen LogP contribution in [0.2, 0.25) is 0 Å². The van der Waals surface area contributed by atoms with Gasteiger partial charge in [0.2, 0.25) is 0 Å². The molecule has 0 bridgehead atoms. The van der Waals surface area contributed by atoms with E-state index in [1.54, 1.807) is 19.2 Å². The van der Waals surface area contributed by atoms with Crippen molar-refractivity contribution < 1.29 is 9.53 Å². The lowest BCUT2D eigenvalue weighted by molar-refractivity contribution is -0.137. The maximum absolute atomic E-state index is 10.9. The third-order valence-electron chi connectivity index (χ3n) is 1.36. The van der Waals surface area contributed by atoms with E-state index in [0.717, 1.165) is 10.2 Å². The number of rotatable bonds is 3. The second-order valence-electron chi connectivity index (χ2n) is 2.36. The highest BCUT2D eigenvalue weighted by Gasteiger charge is 1.95. The third kappa shape index (κ3) is 3.46. The Morgan fingerprint density at radius 2 is 2.54 bits per heavy atom. The minimum atomic E-state index is -0.326. The molecule has 0 saturated carbocycles. The molecule has 4 heteroatoms. The summed E-state index contributed by atoms with van der Waals surface area (Å²) in [6.07, 6.45) is 4.86. The summed E-state index contributed by atoms with van der Waals surface area (Å²) >= 11 is 3.29. The molecule has 1 N–H and O–H groups in total. The largest absolute Gasteiger partial charge is 0.463 e. The fourth-order valence-electron chi connectivity index (χ4n) is 0.829. The number of hydrogen-bond donors (Lipinski definition) is 1. The van der Waals surface area contributed by atoms with Crippen molar-refractivity contribution in [2.45, 2.75) is 6.92 Å². The number of ether oxygens (including phenoxy) is 1. The van der Waals surface area contributed by atoms with Crippen LogP contribution in [0.15, 0.2) is 22.8 Å². The van der Waals surface area contributed by atoms with E-state index in [1.807, 2.05) is 6.07 Å². The second kappa shape index (κ2) is 4.87. The van der Waals surface area contributed by atoms with Crippen molar-refractivity contribution in [2.24, 2.45) is 0 Å². The Morgan fingerprint density at radius 1 is 1.77 bits per heavy atom. The average molecular weight is 244 g/mol. The van der Waals surface area contributed by atoms with Crippen molar-refractivity contribution in [1.82, 2.24) is 4.98 Å². The SMILES string of the molecule is CCOC(=O)C=Cc1cc(Br)c[nH]1. The summed E-state index contributed by atoms with van der Waals surface area (Å²) in [5.41, 5.74) is 0.861. The van der Waals surface area contributed by atoms with E-state index in [1.165, 1.54) is 6.08 Å². The van der Waals surface area contributed by atoms with Crippen LogP contribution in [0.1, 0.15) is 12.6 Å². The maximum atomic E-state index is 10.9. The monoisotopic (exact) mass is 243 g/mol. The van der Waals surface area contributed by atoms with Crippen LogP contribution in [0.4, 0.5) is 0 Å². The van der Waals surface area contributed by atoms with Gasteiger partial charge in [-0.1, -0.05) is 0 Å². The van der Waals surface area contributed by atoms with Gasteiger partial charge < -0.3 is 9.72 Å². The number of carbonyl (C=O) groups is 1. The molecule has 0 aliphatic heterocycles. The topological polar surface area (TPSA) is 42.1 Å². The lowest BCUT2D eigenvalue weighted by Crippen LogP contribution is -1.98. The average Bonchev–Trinajstić information content (AvgIpc) is 2.49. The van der Waals surface area contributed by atoms with Gasteiger partial charge in [-0.3, -0.25) is 0 Å². The van der Waals surface area contributed by atoms with Crippen LogP contribution in [-0.4, -0.2) is 17.6 Å². The van der Waals surface area contributed by atoms with Crippen molar-refractivity contribution in [3.8, 4) is 0 Å².